The van der Waals surface area contributed by atoms with Crippen molar-refractivity contribution in [3.8, 4) is 0 Å². The molecule has 0 aliphatic carbocycles. The number of anilines is 3. The Morgan fingerprint density at radius 3 is 0.810 bits per heavy atom. The molecule has 0 atom stereocenters. The second-order valence-corrected chi connectivity index (χ2v) is 16.7. The lowest BCUT2D eigenvalue weighted by Crippen LogP contribution is -2.09. The van der Waals surface area contributed by atoms with Crippen LogP contribution in [0.2, 0.25) is 0 Å². The zero-order valence-electron chi connectivity index (χ0n) is 31.7. The van der Waals surface area contributed by atoms with Crippen molar-refractivity contribution in [2.45, 2.75) is 0 Å². The minimum absolute atomic E-state index is 1.09. The first-order valence-corrected chi connectivity index (χ1v) is 21.9. The Labute approximate surface area is 353 Å². The Kier molecular flexibility index (Phi) is 11.3. The van der Waals surface area contributed by atoms with Crippen LogP contribution in [0.1, 0.15) is 48.0 Å². The lowest BCUT2D eigenvalue weighted by atomic mass is 10.0. The van der Waals surface area contributed by atoms with E-state index in [9.17, 15) is 0 Å². The summed E-state index contributed by atoms with van der Waals surface area (Å²) >= 11 is 5.31. The predicted molar refractivity (Wildman–Crippen MR) is 254 cm³/mol. The second-order valence-electron chi connectivity index (χ2n) is 13.8. The third-order valence-corrected chi connectivity index (χ3v) is 12.7. The third-order valence-electron chi connectivity index (χ3n) is 10.0. The van der Waals surface area contributed by atoms with E-state index in [0.717, 1.165) is 33.8 Å². The number of hydrogen-bond donors (Lipinski definition) is 0. The molecule has 0 N–H and O–H groups in total. The van der Waals surface area contributed by atoms with Gasteiger partial charge in [0.15, 0.2) is 0 Å². The molecule has 4 heteroatoms. The van der Waals surface area contributed by atoms with Crippen LogP contribution in [-0.4, -0.2) is 0 Å². The lowest BCUT2D eigenvalue weighted by molar-refractivity contribution is 1.28. The van der Waals surface area contributed by atoms with Crippen LogP contribution in [0, 0.1) is 0 Å². The zero-order chi connectivity index (χ0) is 38.9. The van der Waals surface area contributed by atoms with Crippen molar-refractivity contribution < 1.29 is 0 Å². The Bertz CT molecular complexity index is 2430. The van der Waals surface area contributed by atoms with Gasteiger partial charge in [0.2, 0.25) is 0 Å². The quantitative estimate of drug-likeness (QED) is 0.111. The molecule has 0 bridgehead atoms. The van der Waals surface area contributed by atoms with Crippen molar-refractivity contribution in [1.82, 2.24) is 0 Å². The van der Waals surface area contributed by atoms with E-state index in [0.29, 0.717) is 0 Å². The van der Waals surface area contributed by atoms with Crippen LogP contribution in [0.15, 0.2) is 216 Å². The van der Waals surface area contributed by atoms with Gasteiger partial charge in [-0.05, 0) is 139 Å². The first-order chi connectivity index (χ1) is 28.7. The molecule has 58 heavy (non-hydrogen) atoms. The highest BCUT2D eigenvalue weighted by Gasteiger charge is 2.15. The van der Waals surface area contributed by atoms with E-state index >= 15 is 0 Å². The summed E-state index contributed by atoms with van der Waals surface area (Å²) in [6.07, 6.45) is 6.90. The molecule has 9 aromatic rings. The van der Waals surface area contributed by atoms with Crippen LogP contribution in [-0.2, 0) is 0 Å². The maximum Gasteiger partial charge on any atom is 0.0462 e. The van der Waals surface area contributed by atoms with E-state index in [2.05, 4.69) is 239 Å². The fourth-order valence-electron chi connectivity index (χ4n) is 7.14. The van der Waals surface area contributed by atoms with Gasteiger partial charge in [-0.15, -0.1) is 34.0 Å². The molecular weight excluding hydrogens is 759 g/mol. The molecule has 0 amide bonds. The van der Waals surface area contributed by atoms with Gasteiger partial charge in [0.1, 0.15) is 0 Å². The van der Waals surface area contributed by atoms with E-state index in [1.807, 2.05) is 0 Å². The topological polar surface area (TPSA) is 3.24 Å². The highest BCUT2D eigenvalue weighted by molar-refractivity contribution is 7.11. The number of rotatable bonds is 12. The molecule has 0 saturated carbocycles. The smallest absolute Gasteiger partial charge is 0.0462 e. The molecular formula is C54H39NS3. The highest BCUT2D eigenvalue weighted by atomic mass is 32.1. The number of benzene rings is 6. The van der Waals surface area contributed by atoms with Crippen molar-refractivity contribution in [3.63, 3.8) is 0 Å². The maximum atomic E-state index is 2.35. The van der Waals surface area contributed by atoms with Gasteiger partial charge in [-0.3, -0.25) is 0 Å². The molecule has 0 saturated heterocycles. The standard InChI is InChI=1S/C54H39NS3/c1-4-13-43(14-5-1)49(52-19-10-34-56-52)37-40-22-28-46(29-23-40)55(47-30-24-41(25-31-47)38-50(53-20-11-35-57-53)44-15-6-2-7-16-44)48-32-26-42(27-33-48)39-51(54-21-12-36-58-54)45-17-8-3-9-18-45/h1-39H. The summed E-state index contributed by atoms with van der Waals surface area (Å²) in [6, 6.07) is 71.7. The first kappa shape index (κ1) is 37.0. The molecule has 6 aromatic carbocycles. The normalized spacial score (nSPS) is 12.1. The molecule has 0 spiro atoms. The Balaban J connectivity index is 1.09. The Hall–Kier alpha value is -6.56. The summed E-state index contributed by atoms with van der Waals surface area (Å²) in [4.78, 5) is 6.11. The van der Waals surface area contributed by atoms with Crippen LogP contribution in [0.3, 0.4) is 0 Å². The van der Waals surface area contributed by atoms with Gasteiger partial charge in [-0.2, -0.15) is 0 Å². The monoisotopic (exact) mass is 797 g/mol. The van der Waals surface area contributed by atoms with Crippen molar-refractivity contribution in [2.24, 2.45) is 0 Å². The summed E-state index contributed by atoms with van der Waals surface area (Å²) in [5.74, 6) is 0. The largest absolute Gasteiger partial charge is 0.311 e. The highest BCUT2D eigenvalue weighted by Crippen LogP contribution is 2.38. The minimum Gasteiger partial charge on any atom is -0.311 e. The average Bonchev–Trinajstić information content (AvgIpc) is 4.13. The zero-order valence-corrected chi connectivity index (χ0v) is 34.1. The maximum absolute atomic E-state index is 2.35. The van der Waals surface area contributed by atoms with E-state index in [1.54, 1.807) is 34.0 Å². The van der Waals surface area contributed by atoms with Crippen molar-refractivity contribution in [2.75, 3.05) is 4.90 Å². The molecule has 1 nitrogen and oxygen atoms in total. The predicted octanol–water partition coefficient (Wildman–Crippen LogP) is 16.1. The summed E-state index contributed by atoms with van der Waals surface area (Å²) < 4.78 is 0. The van der Waals surface area contributed by atoms with E-state index in [1.165, 1.54) is 48.0 Å². The van der Waals surface area contributed by atoms with Crippen molar-refractivity contribution in [3.05, 3.63) is 264 Å². The van der Waals surface area contributed by atoms with Crippen molar-refractivity contribution >= 4 is 86.0 Å². The molecule has 0 radical (unpaired) electrons. The molecule has 3 aromatic heterocycles. The number of nitrogens with zero attached hydrogens (tertiary/aromatic N) is 1. The van der Waals surface area contributed by atoms with Crippen molar-refractivity contribution in [1.29, 1.82) is 0 Å². The van der Waals surface area contributed by atoms with Crippen LogP contribution in [0.25, 0.3) is 34.9 Å². The van der Waals surface area contributed by atoms with E-state index in [4.69, 9.17) is 0 Å². The SMILES string of the molecule is C(=C(c1ccccc1)c1cccs1)c1ccc(N(c2ccc(C=C(c3ccccc3)c3cccs3)cc2)c2ccc(C=C(c3ccccc3)c3cccs3)cc2)cc1. The molecule has 9 rings (SSSR count). The van der Waals surface area contributed by atoms with Gasteiger partial charge in [-0.1, -0.05) is 146 Å². The van der Waals surface area contributed by atoms with Crippen LogP contribution >= 0.6 is 34.0 Å². The number of hydrogen-bond acceptors (Lipinski definition) is 4. The van der Waals surface area contributed by atoms with Gasteiger partial charge >= 0.3 is 0 Å². The van der Waals surface area contributed by atoms with Gasteiger partial charge in [-0.25, -0.2) is 0 Å². The molecule has 0 aliphatic rings. The molecule has 278 valence electrons. The third kappa shape index (κ3) is 8.56. The fraction of sp³-hybridized carbons (Fsp3) is 0. The van der Waals surface area contributed by atoms with Crippen LogP contribution in [0.4, 0.5) is 17.1 Å². The second kappa shape index (κ2) is 17.7. The summed E-state index contributed by atoms with van der Waals surface area (Å²) in [5.41, 5.74) is 14.0. The van der Waals surface area contributed by atoms with E-state index < -0.39 is 0 Å². The van der Waals surface area contributed by atoms with Gasteiger partial charge in [0.25, 0.3) is 0 Å². The van der Waals surface area contributed by atoms with Gasteiger partial charge in [0, 0.05) is 31.7 Å². The molecule has 3 heterocycles. The van der Waals surface area contributed by atoms with Crippen LogP contribution < -0.4 is 4.90 Å². The minimum atomic E-state index is 1.09. The van der Waals surface area contributed by atoms with E-state index in [-0.39, 0.29) is 0 Å². The van der Waals surface area contributed by atoms with Gasteiger partial charge in [0.05, 0.1) is 0 Å². The molecule has 0 aliphatic heterocycles. The van der Waals surface area contributed by atoms with Crippen LogP contribution in [0.5, 0.6) is 0 Å². The molecule has 0 unspecified atom stereocenters. The van der Waals surface area contributed by atoms with Gasteiger partial charge < -0.3 is 4.90 Å². The molecule has 0 fully saturated rings. The Morgan fingerprint density at radius 1 is 0.293 bits per heavy atom. The lowest BCUT2D eigenvalue weighted by Gasteiger charge is -2.26. The summed E-state index contributed by atoms with van der Waals surface area (Å²) in [6.45, 7) is 0. The average molecular weight is 798 g/mol. The first-order valence-electron chi connectivity index (χ1n) is 19.3. The summed E-state index contributed by atoms with van der Waals surface area (Å²) in [5, 5.41) is 6.43. The fourth-order valence-corrected chi connectivity index (χ4v) is 9.44. The number of thiophene rings is 3. The Morgan fingerprint density at radius 2 is 0.569 bits per heavy atom. The summed E-state index contributed by atoms with van der Waals surface area (Å²) in [7, 11) is 0.